The Morgan fingerprint density at radius 1 is 0.818 bits per heavy atom. The first-order valence-electron chi connectivity index (χ1n) is 10.7. The van der Waals surface area contributed by atoms with Crippen molar-refractivity contribution in [3.8, 4) is 0 Å². The molecule has 5 rings (SSSR count). The lowest BCUT2D eigenvalue weighted by Gasteiger charge is -2.28. The Balaban J connectivity index is 1.49. The highest BCUT2D eigenvalue weighted by atomic mass is 32.2. The summed E-state index contributed by atoms with van der Waals surface area (Å²) in [5, 5.41) is 0. The number of nitrogens with zero attached hydrogens (tertiary/aromatic N) is 2. The zero-order chi connectivity index (χ0) is 23.3. The molecule has 2 amide bonds. The third kappa shape index (κ3) is 3.27. The van der Waals surface area contributed by atoms with Gasteiger partial charge in [0.1, 0.15) is 0 Å². The van der Waals surface area contributed by atoms with Crippen LogP contribution < -0.4 is 4.31 Å². The number of aryl methyl sites for hydroxylation is 1. The summed E-state index contributed by atoms with van der Waals surface area (Å²) in [6.45, 7) is 6.16. The molecule has 7 heteroatoms. The Kier molecular flexibility index (Phi) is 4.94. The minimum absolute atomic E-state index is 0.0872. The maximum absolute atomic E-state index is 13.7. The monoisotopic (exact) mass is 458 g/mol. The van der Waals surface area contributed by atoms with Crippen LogP contribution in [0.1, 0.15) is 38.3 Å². The fourth-order valence-electron chi connectivity index (χ4n) is 4.53. The van der Waals surface area contributed by atoms with Crippen molar-refractivity contribution in [3.05, 3.63) is 102 Å². The lowest BCUT2D eigenvalue weighted by molar-refractivity contribution is 0.0652. The largest absolute Gasteiger partial charge is 0.274 e. The van der Waals surface area contributed by atoms with Gasteiger partial charge in [0.05, 0.1) is 27.8 Å². The number of hydrogen-bond donors (Lipinski definition) is 0. The van der Waals surface area contributed by atoms with Crippen molar-refractivity contribution in [2.45, 2.75) is 24.3 Å². The lowest BCUT2D eigenvalue weighted by atomic mass is 10.0. The van der Waals surface area contributed by atoms with Crippen molar-refractivity contribution in [1.29, 1.82) is 0 Å². The lowest BCUT2D eigenvalue weighted by Crippen LogP contribution is -2.40. The van der Waals surface area contributed by atoms with Gasteiger partial charge in [-0.15, -0.1) is 0 Å². The highest BCUT2D eigenvalue weighted by molar-refractivity contribution is 7.93. The summed E-state index contributed by atoms with van der Waals surface area (Å²) in [7, 11) is -3.89. The van der Waals surface area contributed by atoms with Crippen LogP contribution in [0.25, 0.3) is 5.57 Å². The van der Waals surface area contributed by atoms with Crippen LogP contribution in [0.4, 0.5) is 5.69 Å². The number of amides is 2. The first kappa shape index (κ1) is 21.2. The number of imide groups is 1. The maximum atomic E-state index is 13.7. The summed E-state index contributed by atoms with van der Waals surface area (Å²) >= 11 is 0. The molecule has 6 nitrogen and oxygen atoms in total. The molecule has 2 aliphatic heterocycles. The number of para-hydroxylation sites is 1. The van der Waals surface area contributed by atoms with Gasteiger partial charge in [0.25, 0.3) is 21.8 Å². The van der Waals surface area contributed by atoms with Crippen molar-refractivity contribution in [3.63, 3.8) is 0 Å². The van der Waals surface area contributed by atoms with Crippen molar-refractivity contribution in [2.75, 3.05) is 10.8 Å². The second kappa shape index (κ2) is 7.71. The van der Waals surface area contributed by atoms with Crippen LogP contribution in [0.5, 0.6) is 0 Å². The topological polar surface area (TPSA) is 74.8 Å². The summed E-state index contributed by atoms with van der Waals surface area (Å²) in [4.78, 5) is 27.0. The van der Waals surface area contributed by atoms with Crippen LogP contribution in [-0.4, -0.2) is 37.7 Å². The van der Waals surface area contributed by atoms with Gasteiger partial charge in [-0.3, -0.25) is 18.8 Å². The van der Waals surface area contributed by atoms with Gasteiger partial charge >= 0.3 is 0 Å². The van der Waals surface area contributed by atoms with E-state index >= 15 is 0 Å². The van der Waals surface area contributed by atoms with E-state index in [4.69, 9.17) is 0 Å². The molecule has 3 aromatic carbocycles. The van der Waals surface area contributed by atoms with E-state index in [9.17, 15) is 18.0 Å². The predicted octanol–water partition coefficient (Wildman–Crippen LogP) is 4.27. The molecule has 0 spiro atoms. The second-order valence-corrected chi connectivity index (χ2v) is 10.1. The molecule has 0 N–H and O–H groups in total. The third-order valence-electron chi connectivity index (χ3n) is 6.25. The quantitative estimate of drug-likeness (QED) is 0.535. The van der Waals surface area contributed by atoms with E-state index in [1.54, 1.807) is 60.7 Å². The molecule has 2 heterocycles. The molecule has 2 aliphatic rings. The zero-order valence-corrected chi connectivity index (χ0v) is 18.9. The van der Waals surface area contributed by atoms with E-state index in [1.807, 2.05) is 19.1 Å². The Bertz CT molecular complexity index is 1380. The average Bonchev–Trinajstić information content (AvgIpc) is 3.24. The van der Waals surface area contributed by atoms with Gasteiger partial charge < -0.3 is 0 Å². The van der Waals surface area contributed by atoms with Crippen molar-refractivity contribution >= 4 is 33.1 Å². The number of carbonyl (C=O) groups is 2. The molecule has 0 saturated heterocycles. The van der Waals surface area contributed by atoms with Crippen molar-refractivity contribution in [1.82, 2.24) is 4.90 Å². The Labute approximate surface area is 192 Å². The number of anilines is 1. The van der Waals surface area contributed by atoms with Crippen LogP contribution in [0.2, 0.25) is 0 Å². The number of rotatable bonds is 5. The summed E-state index contributed by atoms with van der Waals surface area (Å²) in [6.07, 6.45) is 0.240. The molecule has 33 heavy (non-hydrogen) atoms. The number of sulfonamides is 1. The molecular formula is C26H22N2O4S. The molecule has 0 fully saturated rings. The molecule has 166 valence electrons. The van der Waals surface area contributed by atoms with Crippen LogP contribution in [-0.2, 0) is 10.0 Å². The molecule has 0 aromatic heterocycles. The Hall–Kier alpha value is -3.71. The van der Waals surface area contributed by atoms with Gasteiger partial charge in [0.2, 0.25) is 0 Å². The molecule has 0 bridgehead atoms. The van der Waals surface area contributed by atoms with Crippen LogP contribution in [0.3, 0.4) is 0 Å². The van der Waals surface area contributed by atoms with E-state index in [0.29, 0.717) is 22.4 Å². The van der Waals surface area contributed by atoms with Crippen LogP contribution in [0.15, 0.2) is 84.3 Å². The van der Waals surface area contributed by atoms with Crippen LogP contribution in [0, 0.1) is 6.92 Å². The molecular weight excluding hydrogens is 436 g/mol. The average molecular weight is 459 g/mol. The van der Waals surface area contributed by atoms with Gasteiger partial charge in [0, 0.05) is 12.1 Å². The van der Waals surface area contributed by atoms with Crippen LogP contribution >= 0.6 is 0 Å². The van der Waals surface area contributed by atoms with Gasteiger partial charge in [0.15, 0.2) is 0 Å². The minimum atomic E-state index is -3.89. The van der Waals surface area contributed by atoms with E-state index < -0.39 is 16.1 Å². The fraction of sp³-hybridized carbons (Fsp3) is 0.154. The Morgan fingerprint density at radius 2 is 1.36 bits per heavy atom. The van der Waals surface area contributed by atoms with Gasteiger partial charge in [-0.25, -0.2) is 8.42 Å². The molecule has 1 atom stereocenters. The number of benzene rings is 3. The third-order valence-corrected chi connectivity index (χ3v) is 8.09. The molecule has 0 aliphatic carbocycles. The fourth-order valence-corrected chi connectivity index (χ4v) is 6.23. The highest BCUT2D eigenvalue weighted by Crippen LogP contribution is 2.44. The number of carbonyl (C=O) groups excluding carboxylic acids is 2. The maximum Gasteiger partial charge on any atom is 0.264 e. The van der Waals surface area contributed by atoms with E-state index in [-0.39, 0.29) is 29.7 Å². The molecule has 0 radical (unpaired) electrons. The second-order valence-electron chi connectivity index (χ2n) is 8.27. The van der Waals surface area contributed by atoms with Gasteiger partial charge in [-0.05, 0) is 49.2 Å². The first-order chi connectivity index (χ1) is 15.8. The smallest absolute Gasteiger partial charge is 0.264 e. The summed E-state index contributed by atoms with van der Waals surface area (Å²) in [5.41, 5.74) is 3.66. The molecule has 0 unspecified atom stereocenters. The normalized spacial score (nSPS) is 17.5. The predicted molar refractivity (Wildman–Crippen MR) is 127 cm³/mol. The van der Waals surface area contributed by atoms with E-state index in [0.717, 1.165) is 11.1 Å². The standard InChI is InChI=1S/C26H22N2O4S/c1-17-11-13-19(14-12-17)33(31,32)28-23(18(2)20-7-5-6-10-24(20)28)15-16-27-25(29)21-8-3-4-9-22(21)26(27)30/h3-14,23H,2,15-16H2,1H3/t23-/m1/s1. The first-order valence-corrected chi connectivity index (χ1v) is 12.1. The molecule has 3 aromatic rings. The van der Waals surface area contributed by atoms with Crippen molar-refractivity contribution in [2.24, 2.45) is 0 Å². The number of fused-ring (bicyclic) bond motifs is 2. The van der Waals surface area contributed by atoms with Crippen molar-refractivity contribution < 1.29 is 18.0 Å². The van der Waals surface area contributed by atoms with Gasteiger partial charge in [-0.1, -0.05) is 54.6 Å². The SMILES string of the molecule is C=C1c2ccccc2N(S(=O)(=O)c2ccc(C)cc2)[C@@H]1CCN1C(=O)c2ccccc2C1=O. The van der Waals surface area contributed by atoms with Gasteiger partial charge in [-0.2, -0.15) is 0 Å². The van der Waals surface area contributed by atoms with E-state index in [1.165, 1.54) is 9.21 Å². The Morgan fingerprint density at radius 3 is 1.97 bits per heavy atom. The minimum Gasteiger partial charge on any atom is -0.274 e. The van der Waals surface area contributed by atoms with E-state index in [2.05, 4.69) is 6.58 Å². The summed E-state index contributed by atoms with van der Waals surface area (Å²) in [5.74, 6) is -0.714. The molecule has 0 saturated carbocycles. The number of hydrogen-bond acceptors (Lipinski definition) is 4. The zero-order valence-electron chi connectivity index (χ0n) is 18.1. The summed E-state index contributed by atoms with van der Waals surface area (Å²) in [6, 6.07) is 20.0. The summed E-state index contributed by atoms with van der Waals surface area (Å²) < 4.78 is 28.8. The highest BCUT2D eigenvalue weighted by Gasteiger charge is 2.42.